The van der Waals surface area contributed by atoms with Gasteiger partial charge in [-0.25, -0.2) is 0 Å². The van der Waals surface area contributed by atoms with Crippen molar-refractivity contribution in [2.45, 2.75) is 25.8 Å². The molecule has 1 fully saturated rings. The first-order valence-corrected chi connectivity index (χ1v) is 10.2. The fourth-order valence-electron chi connectivity index (χ4n) is 3.90. The number of ether oxygens (including phenoxy) is 1. The van der Waals surface area contributed by atoms with Gasteiger partial charge in [-0.2, -0.15) is 0 Å². The highest BCUT2D eigenvalue weighted by molar-refractivity contribution is 7.12. The van der Waals surface area contributed by atoms with Crippen molar-refractivity contribution in [2.24, 2.45) is 0 Å². The number of likely N-dealkylation sites (tertiary alicyclic amines) is 1. The van der Waals surface area contributed by atoms with Crippen LogP contribution in [0.25, 0.3) is 11.1 Å². The quantitative estimate of drug-likeness (QED) is 0.583. The lowest BCUT2D eigenvalue weighted by Gasteiger charge is -2.27. The monoisotopic (exact) mass is 377 g/mol. The van der Waals surface area contributed by atoms with Gasteiger partial charge in [-0.05, 0) is 65.6 Å². The zero-order valence-corrected chi connectivity index (χ0v) is 16.5. The van der Waals surface area contributed by atoms with Gasteiger partial charge in [0.2, 0.25) is 0 Å². The van der Waals surface area contributed by atoms with Crippen LogP contribution in [0.5, 0.6) is 5.75 Å². The van der Waals surface area contributed by atoms with E-state index in [1.165, 1.54) is 22.5 Å². The Morgan fingerprint density at radius 2 is 2.00 bits per heavy atom. The zero-order chi connectivity index (χ0) is 18.8. The number of amides is 1. The number of hydrogen-bond acceptors (Lipinski definition) is 3. The molecule has 0 saturated carbocycles. The molecule has 138 valence electrons. The minimum absolute atomic E-state index is 0.112. The molecule has 0 spiro atoms. The smallest absolute Gasteiger partial charge is 0.264 e. The summed E-state index contributed by atoms with van der Waals surface area (Å²) in [5.74, 6) is 1.00. The number of benzene rings is 2. The summed E-state index contributed by atoms with van der Waals surface area (Å²) in [6, 6.07) is 18.7. The molecule has 1 atom stereocenters. The van der Waals surface area contributed by atoms with Crippen molar-refractivity contribution in [1.29, 1.82) is 0 Å². The maximum Gasteiger partial charge on any atom is 0.264 e. The molecule has 0 bridgehead atoms. The standard InChI is InChI=1S/C23H23NO2S/c1-16-12-14-27-22(16)23(25)24-13-6-11-21(24)20-10-4-3-9-19(20)17-7-5-8-18(15-17)26-2/h3-5,7-10,12,14-15,21H,6,11,13H2,1-2H3/t21-/m0/s1. The highest BCUT2D eigenvalue weighted by Crippen LogP contribution is 2.39. The first-order chi connectivity index (χ1) is 13.2. The number of carbonyl (C=O) groups excluding carboxylic acids is 1. The van der Waals surface area contributed by atoms with E-state index in [1.54, 1.807) is 7.11 Å². The average molecular weight is 378 g/mol. The molecule has 0 N–H and O–H groups in total. The van der Waals surface area contributed by atoms with Crippen molar-refractivity contribution in [1.82, 2.24) is 4.90 Å². The second-order valence-electron chi connectivity index (χ2n) is 6.91. The maximum atomic E-state index is 13.2. The molecule has 4 rings (SSSR count). The predicted molar refractivity (Wildman–Crippen MR) is 110 cm³/mol. The van der Waals surface area contributed by atoms with Crippen LogP contribution in [0.1, 0.15) is 39.7 Å². The van der Waals surface area contributed by atoms with E-state index in [1.807, 2.05) is 30.5 Å². The fourth-order valence-corrected chi connectivity index (χ4v) is 4.78. The third kappa shape index (κ3) is 3.37. The van der Waals surface area contributed by atoms with E-state index in [9.17, 15) is 4.79 Å². The van der Waals surface area contributed by atoms with Crippen LogP contribution >= 0.6 is 11.3 Å². The molecular weight excluding hydrogens is 354 g/mol. The molecule has 0 unspecified atom stereocenters. The second kappa shape index (κ2) is 7.57. The molecule has 3 nitrogen and oxygen atoms in total. The fraction of sp³-hybridized carbons (Fsp3) is 0.261. The van der Waals surface area contributed by atoms with Crippen molar-refractivity contribution in [2.75, 3.05) is 13.7 Å². The van der Waals surface area contributed by atoms with Crippen molar-refractivity contribution in [3.8, 4) is 16.9 Å². The third-order valence-corrected chi connectivity index (χ3v) is 6.27. The number of thiophene rings is 1. The van der Waals surface area contributed by atoms with Crippen LogP contribution < -0.4 is 4.74 Å². The first-order valence-electron chi connectivity index (χ1n) is 9.27. The lowest BCUT2D eigenvalue weighted by atomic mass is 9.93. The van der Waals surface area contributed by atoms with Gasteiger partial charge in [0.05, 0.1) is 18.0 Å². The van der Waals surface area contributed by atoms with Crippen molar-refractivity contribution in [3.63, 3.8) is 0 Å². The van der Waals surface area contributed by atoms with Gasteiger partial charge in [0.15, 0.2) is 0 Å². The third-order valence-electron chi connectivity index (χ3n) is 5.27. The van der Waals surface area contributed by atoms with E-state index < -0.39 is 0 Å². The highest BCUT2D eigenvalue weighted by Gasteiger charge is 2.33. The van der Waals surface area contributed by atoms with Crippen LogP contribution in [0.3, 0.4) is 0 Å². The summed E-state index contributed by atoms with van der Waals surface area (Å²) in [7, 11) is 1.69. The van der Waals surface area contributed by atoms with Crippen LogP contribution in [0, 0.1) is 6.92 Å². The lowest BCUT2D eigenvalue weighted by Crippen LogP contribution is -2.30. The van der Waals surface area contributed by atoms with Gasteiger partial charge in [0, 0.05) is 6.54 Å². The molecule has 1 aromatic heterocycles. The Morgan fingerprint density at radius 1 is 1.15 bits per heavy atom. The van der Waals surface area contributed by atoms with E-state index in [2.05, 4.69) is 41.3 Å². The van der Waals surface area contributed by atoms with Crippen LogP contribution in [-0.4, -0.2) is 24.5 Å². The van der Waals surface area contributed by atoms with Gasteiger partial charge >= 0.3 is 0 Å². The van der Waals surface area contributed by atoms with E-state index in [0.29, 0.717) is 0 Å². The van der Waals surface area contributed by atoms with E-state index in [-0.39, 0.29) is 11.9 Å². The largest absolute Gasteiger partial charge is 0.497 e. The van der Waals surface area contributed by atoms with Gasteiger partial charge in [-0.15, -0.1) is 11.3 Å². The number of aryl methyl sites for hydroxylation is 1. The summed E-state index contributed by atoms with van der Waals surface area (Å²) in [5, 5.41) is 2.00. The molecule has 0 radical (unpaired) electrons. The maximum absolute atomic E-state index is 13.2. The molecule has 0 aliphatic carbocycles. The number of nitrogens with zero attached hydrogens (tertiary/aromatic N) is 1. The molecule has 2 aromatic carbocycles. The molecule has 3 aromatic rings. The topological polar surface area (TPSA) is 29.5 Å². The SMILES string of the molecule is COc1cccc(-c2ccccc2[C@@H]2CCCN2C(=O)c2sccc2C)c1. The molecule has 1 aliphatic heterocycles. The summed E-state index contributed by atoms with van der Waals surface area (Å²) >= 11 is 1.54. The lowest BCUT2D eigenvalue weighted by molar-refractivity contribution is 0.0740. The minimum Gasteiger partial charge on any atom is -0.497 e. The second-order valence-corrected chi connectivity index (χ2v) is 7.82. The van der Waals surface area contributed by atoms with Gasteiger partial charge in [-0.1, -0.05) is 36.4 Å². The Kier molecular flexibility index (Phi) is 4.99. The van der Waals surface area contributed by atoms with Gasteiger partial charge < -0.3 is 9.64 Å². The Balaban J connectivity index is 1.72. The molecule has 1 amide bonds. The van der Waals surface area contributed by atoms with Crippen molar-refractivity contribution >= 4 is 17.2 Å². The highest BCUT2D eigenvalue weighted by atomic mass is 32.1. The average Bonchev–Trinajstić information content (AvgIpc) is 3.36. The predicted octanol–water partition coefficient (Wildman–Crippen LogP) is 5.71. The molecular formula is C23H23NO2S. The van der Waals surface area contributed by atoms with E-state index in [4.69, 9.17) is 4.74 Å². The van der Waals surface area contributed by atoms with Crippen LogP contribution in [0.2, 0.25) is 0 Å². The van der Waals surface area contributed by atoms with Crippen molar-refractivity contribution < 1.29 is 9.53 Å². The Labute approximate surface area is 164 Å². The molecule has 4 heteroatoms. The molecule has 27 heavy (non-hydrogen) atoms. The van der Waals surface area contributed by atoms with Gasteiger partial charge in [0.25, 0.3) is 5.91 Å². The number of methoxy groups -OCH3 is 1. The summed E-state index contributed by atoms with van der Waals surface area (Å²) in [6.45, 7) is 2.83. The van der Waals surface area contributed by atoms with E-state index in [0.717, 1.165) is 41.1 Å². The summed E-state index contributed by atoms with van der Waals surface area (Å²) in [5.41, 5.74) is 4.57. The molecule has 1 aliphatic rings. The van der Waals surface area contributed by atoms with Crippen LogP contribution in [0.4, 0.5) is 0 Å². The molecule has 1 saturated heterocycles. The Morgan fingerprint density at radius 3 is 2.78 bits per heavy atom. The minimum atomic E-state index is 0.112. The molecule has 2 heterocycles. The normalized spacial score (nSPS) is 16.5. The Bertz CT molecular complexity index is 962. The van der Waals surface area contributed by atoms with Crippen molar-refractivity contribution in [3.05, 3.63) is 76.0 Å². The Hall–Kier alpha value is -2.59. The summed E-state index contributed by atoms with van der Waals surface area (Å²) in [4.78, 5) is 16.1. The van der Waals surface area contributed by atoms with Gasteiger partial charge in [-0.3, -0.25) is 4.79 Å². The van der Waals surface area contributed by atoms with E-state index >= 15 is 0 Å². The van der Waals surface area contributed by atoms with Gasteiger partial charge in [0.1, 0.15) is 5.75 Å². The zero-order valence-electron chi connectivity index (χ0n) is 15.6. The van der Waals surface area contributed by atoms with Crippen LogP contribution in [0.15, 0.2) is 60.0 Å². The van der Waals surface area contributed by atoms with Crippen LogP contribution in [-0.2, 0) is 0 Å². The summed E-state index contributed by atoms with van der Waals surface area (Å²) < 4.78 is 5.40. The number of carbonyl (C=O) groups is 1. The first kappa shape index (κ1) is 17.8. The summed E-state index contributed by atoms with van der Waals surface area (Å²) in [6.07, 6.45) is 2.03. The number of hydrogen-bond donors (Lipinski definition) is 0. The number of rotatable bonds is 4.